The van der Waals surface area contributed by atoms with Crippen LogP contribution in [0.4, 0.5) is 5.95 Å². The molecule has 1 heterocycles. The molecule has 1 rings (SSSR count). The van der Waals surface area contributed by atoms with Crippen molar-refractivity contribution in [1.82, 2.24) is 14.9 Å². The quantitative estimate of drug-likeness (QED) is 0.599. The predicted octanol–water partition coefficient (Wildman–Crippen LogP) is -0.552. The van der Waals surface area contributed by atoms with E-state index in [-0.39, 0.29) is 17.4 Å². The standard InChI is InChI=1S/C7H13N5O/c1-3-4(2)5-6(13)12(9)7(8)11-10-5/h4H,3,9H2,1-2H3,(H2,8,11). The Morgan fingerprint density at radius 2 is 2.15 bits per heavy atom. The molecule has 0 fully saturated rings. The van der Waals surface area contributed by atoms with Crippen molar-refractivity contribution in [2.45, 2.75) is 26.2 Å². The van der Waals surface area contributed by atoms with E-state index in [0.29, 0.717) is 5.69 Å². The molecule has 0 saturated carbocycles. The number of hydrogen-bond donors (Lipinski definition) is 2. The number of hydrogen-bond acceptors (Lipinski definition) is 5. The highest BCUT2D eigenvalue weighted by Gasteiger charge is 2.13. The molecule has 6 nitrogen and oxygen atoms in total. The van der Waals surface area contributed by atoms with Crippen molar-refractivity contribution < 1.29 is 0 Å². The van der Waals surface area contributed by atoms with Crippen LogP contribution in [-0.4, -0.2) is 14.9 Å². The van der Waals surface area contributed by atoms with Gasteiger partial charge in [0, 0.05) is 5.92 Å². The lowest BCUT2D eigenvalue weighted by Gasteiger charge is -2.07. The van der Waals surface area contributed by atoms with Gasteiger partial charge in [-0.15, -0.1) is 10.2 Å². The summed E-state index contributed by atoms with van der Waals surface area (Å²) in [5.74, 6) is 5.33. The number of aromatic nitrogens is 3. The molecule has 6 heteroatoms. The SMILES string of the molecule is CCC(C)c1nnc(N)n(N)c1=O. The van der Waals surface area contributed by atoms with Crippen molar-refractivity contribution in [2.75, 3.05) is 11.6 Å². The van der Waals surface area contributed by atoms with Gasteiger partial charge in [0.2, 0.25) is 5.95 Å². The Morgan fingerprint density at radius 3 is 2.69 bits per heavy atom. The first-order valence-electron chi connectivity index (χ1n) is 4.08. The van der Waals surface area contributed by atoms with Gasteiger partial charge in [-0.05, 0) is 6.42 Å². The molecular weight excluding hydrogens is 170 g/mol. The van der Waals surface area contributed by atoms with E-state index in [2.05, 4.69) is 10.2 Å². The van der Waals surface area contributed by atoms with Crippen LogP contribution >= 0.6 is 0 Å². The van der Waals surface area contributed by atoms with Gasteiger partial charge in [0.05, 0.1) is 0 Å². The fraction of sp³-hybridized carbons (Fsp3) is 0.571. The van der Waals surface area contributed by atoms with Crippen LogP contribution in [0.5, 0.6) is 0 Å². The largest absolute Gasteiger partial charge is 0.366 e. The molecule has 0 saturated heterocycles. The molecule has 0 aliphatic carbocycles. The Morgan fingerprint density at radius 1 is 1.54 bits per heavy atom. The van der Waals surface area contributed by atoms with Gasteiger partial charge in [-0.25, -0.2) is 0 Å². The smallest absolute Gasteiger partial charge is 0.295 e. The van der Waals surface area contributed by atoms with Crippen LogP contribution < -0.4 is 17.1 Å². The molecule has 0 spiro atoms. The molecule has 0 aromatic carbocycles. The van der Waals surface area contributed by atoms with Crippen molar-refractivity contribution in [3.8, 4) is 0 Å². The third kappa shape index (κ3) is 1.61. The summed E-state index contributed by atoms with van der Waals surface area (Å²) in [6.45, 7) is 3.85. The second-order valence-corrected chi connectivity index (χ2v) is 2.93. The van der Waals surface area contributed by atoms with Crippen molar-refractivity contribution in [2.24, 2.45) is 0 Å². The number of nitrogens with zero attached hydrogens (tertiary/aromatic N) is 3. The van der Waals surface area contributed by atoms with Gasteiger partial charge in [-0.2, -0.15) is 4.68 Å². The zero-order valence-corrected chi connectivity index (χ0v) is 7.69. The van der Waals surface area contributed by atoms with E-state index in [1.807, 2.05) is 13.8 Å². The van der Waals surface area contributed by atoms with Crippen molar-refractivity contribution in [3.63, 3.8) is 0 Å². The van der Waals surface area contributed by atoms with Crippen LogP contribution in [0.2, 0.25) is 0 Å². The van der Waals surface area contributed by atoms with E-state index in [1.165, 1.54) is 0 Å². The predicted molar refractivity (Wildman–Crippen MR) is 49.6 cm³/mol. The number of nitrogen functional groups attached to an aromatic ring is 2. The number of nitrogens with two attached hydrogens (primary N) is 2. The van der Waals surface area contributed by atoms with Crippen LogP contribution in [0.3, 0.4) is 0 Å². The third-order valence-electron chi connectivity index (χ3n) is 2.02. The third-order valence-corrected chi connectivity index (χ3v) is 2.02. The van der Waals surface area contributed by atoms with Crippen LogP contribution in [0.15, 0.2) is 4.79 Å². The molecule has 0 bridgehead atoms. The van der Waals surface area contributed by atoms with Gasteiger partial charge in [-0.3, -0.25) is 4.79 Å². The Bertz CT molecular complexity index is 358. The Kier molecular flexibility index (Phi) is 2.50. The highest BCUT2D eigenvalue weighted by molar-refractivity contribution is 5.17. The van der Waals surface area contributed by atoms with E-state index >= 15 is 0 Å². The molecule has 1 aromatic heterocycles. The minimum absolute atomic E-state index is 0.0513. The van der Waals surface area contributed by atoms with Crippen molar-refractivity contribution in [1.29, 1.82) is 0 Å². The summed E-state index contributed by atoms with van der Waals surface area (Å²) in [4.78, 5) is 11.4. The first kappa shape index (κ1) is 9.50. The Hall–Kier alpha value is -1.59. The first-order valence-corrected chi connectivity index (χ1v) is 4.08. The van der Waals surface area contributed by atoms with E-state index in [0.717, 1.165) is 11.1 Å². The highest BCUT2D eigenvalue weighted by Crippen LogP contribution is 2.10. The normalized spacial score (nSPS) is 12.8. The molecule has 0 radical (unpaired) electrons. The summed E-state index contributed by atoms with van der Waals surface area (Å²) in [5, 5.41) is 7.30. The lowest BCUT2D eigenvalue weighted by molar-refractivity contribution is 0.656. The monoisotopic (exact) mass is 183 g/mol. The summed E-state index contributed by atoms with van der Waals surface area (Å²) in [6, 6.07) is 0. The average Bonchev–Trinajstić information content (AvgIpc) is 2.13. The van der Waals surface area contributed by atoms with E-state index < -0.39 is 0 Å². The van der Waals surface area contributed by atoms with Gasteiger partial charge >= 0.3 is 0 Å². The number of anilines is 1. The van der Waals surface area contributed by atoms with Gasteiger partial charge in [0.25, 0.3) is 5.56 Å². The maximum absolute atomic E-state index is 11.4. The molecule has 4 N–H and O–H groups in total. The zero-order chi connectivity index (χ0) is 10.0. The molecular formula is C7H13N5O. The summed E-state index contributed by atoms with van der Waals surface area (Å²) < 4.78 is 0.814. The highest BCUT2D eigenvalue weighted by atomic mass is 16.1. The summed E-state index contributed by atoms with van der Waals surface area (Å²) >= 11 is 0. The zero-order valence-electron chi connectivity index (χ0n) is 7.69. The molecule has 1 atom stereocenters. The van der Waals surface area contributed by atoms with E-state index in [4.69, 9.17) is 11.6 Å². The number of rotatable bonds is 2. The molecule has 1 aromatic rings. The fourth-order valence-corrected chi connectivity index (χ4v) is 0.926. The molecule has 0 aliphatic rings. The molecule has 1 unspecified atom stereocenters. The van der Waals surface area contributed by atoms with Gasteiger partial charge in [0.1, 0.15) is 5.69 Å². The maximum Gasteiger partial charge on any atom is 0.295 e. The second-order valence-electron chi connectivity index (χ2n) is 2.93. The molecule has 0 amide bonds. The topological polar surface area (TPSA) is 99.8 Å². The van der Waals surface area contributed by atoms with E-state index in [1.54, 1.807) is 0 Å². The van der Waals surface area contributed by atoms with Gasteiger partial charge in [-0.1, -0.05) is 13.8 Å². The lowest BCUT2D eigenvalue weighted by atomic mass is 10.1. The minimum atomic E-state index is -0.373. The Labute approximate surface area is 75.5 Å². The first-order chi connectivity index (χ1) is 6.07. The van der Waals surface area contributed by atoms with Crippen LogP contribution in [-0.2, 0) is 0 Å². The minimum Gasteiger partial charge on any atom is -0.366 e. The Balaban J connectivity index is 3.26. The van der Waals surface area contributed by atoms with Crippen molar-refractivity contribution in [3.05, 3.63) is 16.0 Å². The summed E-state index contributed by atoms with van der Waals surface area (Å²) in [5.41, 5.74) is 5.28. The molecule has 13 heavy (non-hydrogen) atoms. The summed E-state index contributed by atoms with van der Waals surface area (Å²) in [6.07, 6.45) is 0.813. The fourth-order valence-electron chi connectivity index (χ4n) is 0.926. The van der Waals surface area contributed by atoms with Gasteiger partial charge in [0.15, 0.2) is 0 Å². The molecule has 72 valence electrons. The van der Waals surface area contributed by atoms with E-state index in [9.17, 15) is 4.79 Å². The van der Waals surface area contributed by atoms with Gasteiger partial charge < -0.3 is 11.6 Å². The van der Waals surface area contributed by atoms with Crippen LogP contribution in [0, 0.1) is 0 Å². The molecule has 0 aliphatic heterocycles. The van der Waals surface area contributed by atoms with Crippen molar-refractivity contribution >= 4 is 5.95 Å². The average molecular weight is 183 g/mol. The maximum atomic E-state index is 11.4. The van der Waals surface area contributed by atoms with Crippen LogP contribution in [0.25, 0.3) is 0 Å². The second kappa shape index (κ2) is 3.42. The van der Waals surface area contributed by atoms with Crippen LogP contribution in [0.1, 0.15) is 31.9 Å². The lowest BCUT2D eigenvalue weighted by Crippen LogP contribution is -2.34. The summed E-state index contributed by atoms with van der Waals surface area (Å²) in [7, 11) is 0.